The molecule has 0 atom stereocenters. The Bertz CT molecular complexity index is 756. The molecule has 0 saturated carbocycles. The van der Waals surface area contributed by atoms with E-state index in [2.05, 4.69) is 10.6 Å². The van der Waals surface area contributed by atoms with Crippen LogP contribution in [0.4, 0.5) is 11.4 Å². The smallest absolute Gasteiger partial charge is 0.256 e. The lowest BCUT2D eigenvalue weighted by Crippen LogP contribution is -2.41. The Labute approximate surface area is 151 Å². The van der Waals surface area contributed by atoms with Crippen molar-refractivity contribution in [3.05, 3.63) is 59.6 Å². The van der Waals surface area contributed by atoms with Crippen molar-refractivity contribution >= 4 is 23.2 Å². The fourth-order valence-electron chi connectivity index (χ4n) is 2.57. The van der Waals surface area contributed by atoms with Gasteiger partial charge in [0.05, 0.1) is 25.3 Å². The first-order valence-corrected chi connectivity index (χ1v) is 8.30. The lowest BCUT2D eigenvalue weighted by Gasteiger charge is -2.25. The summed E-state index contributed by atoms with van der Waals surface area (Å²) in [6.45, 7) is 3.14. The van der Waals surface area contributed by atoms with Gasteiger partial charge in [0, 0.05) is 36.6 Å². The molecule has 0 unspecified atom stereocenters. The van der Waals surface area contributed by atoms with Crippen LogP contribution in [-0.4, -0.2) is 49.6 Å². The second-order valence-corrected chi connectivity index (χ2v) is 5.91. The number of carbonyl (C=O) groups excluding carboxylic acids is 2. The second-order valence-electron chi connectivity index (χ2n) is 5.91. The van der Waals surface area contributed by atoms with Crippen molar-refractivity contribution in [3.8, 4) is 0 Å². The highest BCUT2D eigenvalue weighted by atomic mass is 16.5. The number of carbonyl (C=O) groups is 2. The summed E-state index contributed by atoms with van der Waals surface area (Å²) in [4.78, 5) is 26.2. The molecule has 26 heavy (non-hydrogen) atoms. The Balaban J connectivity index is 1.52. The molecule has 2 N–H and O–H groups in total. The van der Waals surface area contributed by atoms with E-state index in [-0.39, 0.29) is 11.8 Å². The van der Waals surface area contributed by atoms with Gasteiger partial charge >= 0.3 is 0 Å². The van der Waals surface area contributed by atoms with E-state index in [1.807, 2.05) is 4.90 Å². The van der Waals surface area contributed by atoms with Gasteiger partial charge in [0.25, 0.3) is 5.91 Å². The highest BCUT2D eigenvalue weighted by Crippen LogP contribution is 2.14. The molecule has 3 rings (SSSR count). The molecule has 1 aliphatic heterocycles. The molecule has 1 aromatic carbocycles. The zero-order chi connectivity index (χ0) is 18.4. The number of hydrogen-bond acceptors (Lipinski definition) is 5. The Kier molecular flexibility index (Phi) is 5.77. The van der Waals surface area contributed by atoms with Crippen molar-refractivity contribution < 1.29 is 19.1 Å². The van der Waals surface area contributed by atoms with Crippen molar-refractivity contribution in [3.63, 3.8) is 0 Å². The predicted molar refractivity (Wildman–Crippen MR) is 95.7 cm³/mol. The van der Waals surface area contributed by atoms with Gasteiger partial charge in [0.2, 0.25) is 5.91 Å². The van der Waals surface area contributed by atoms with Crippen LogP contribution in [0.5, 0.6) is 0 Å². The van der Waals surface area contributed by atoms with Crippen LogP contribution in [0.25, 0.3) is 0 Å². The molecule has 2 aromatic rings. The average molecular weight is 356 g/mol. The number of rotatable bonds is 5. The van der Waals surface area contributed by atoms with Crippen LogP contribution in [0.3, 0.4) is 0 Å². The van der Waals surface area contributed by atoms with Crippen LogP contribution < -0.4 is 15.4 Å². The molecular formula is C18H20N4O4. The van der Waals surface area contributed by atoms with Crippen LogP contribution in [0, 0.1) is 5.21 Å². The van der Waals surface area contributed by atoms with Gasteiger partial charge in [-0.25, -0.2) is 0 Å². The molecule has 1 aromatic heterocycles. The summed E-state index contributed by atoms with van der Waals surface area (Å²) in [5, 5.41) is 16.6. The maximum absolute atomic E-state index is 12.1. The molecule has 0 radical (unpaired) electrons. The van der Waals surface area contributed by atoms with Gasteiger partial charge in [-0.15, -0.1) is 0 Å². The van der Waals surface area contributed by atoms with Crippen LogP contribution in [0.1, 0.15) is 10.4 Å². The molecule has 8 nitrogen and oxygen atoms in total. The predicted octanol–water partition coefficient (Wildman–Crippen LogP) is 0.843. The lowest BCUT2D eigenvalue weighted by atomic mass is 10.2. The molecule has 0 spiro atoms. The largest absolute Gasteiger partial charge is 0.619 e. The molecular weight excluding hydrogens is 336 g/mol. The summed E-state index contributed by atoms with van der Waals surface area (Å²) >= 11 is 0. The fourth-order valence-corrected chi connectivity index (χ4v) is 2.57. The molecule has 1 saturated heterocycles. The molecule has 8 heteroatoms. The number of ether oxygens (including phenoxy) is 1. The highest BCUT2D eigenvalue weighted by Gasteiger charge is 2.14. The minimum Gasteiger partial charge on any atom is -0.619 e. The van der Waals surface area contributed by atoms with Gasteiger partial charge in [-0.2, -0.15) is 4.73 Å². The van der Waals surface area contributed by atoms with Gasteiger partial charge in [-0.05, 0) is 24.3 Å². The minimum atomic E-state index is -0.310. The zero-order valence-corrected chi connectivity index (χ0v) is 14.2. The van der Waals surface area contributed by atoms with E-state index in [4.69, 9.17) is 4.74 Å². The van der Waals surface area contributed by atoms with Crippen molar-refractivity contribution in [1.29, 1.82) is 0 Å². The topological polar surface area (TPSA) is 97.6 Å². The van der Waals surface area contributed by atoms with Gasteiger partial charge in [-0.3, -0.25) is 14.5 Å². The molecule has 1 aliphatic rings. The number of benzene rings is 1. The number of hydrogen-bond donors (Lipinski definition) is 2. The number of anilines is 2. The van der Waals surface area contributed by atoms with Crippen LogP contribution in [-0.2, 0) is 9.53 Å². The zero-order valence-electron chi connectivity index (χ0n) is 14.2. The van der Waals surface area contributed by atoms with Crippen molar-refractivity contribution in [1.82, 2.24) is 4.90 Å². The van der Waals surface area contributed by atoms with Crippen molar-refractivity contribution in [2.75, 3.05) is 43.5 Å². The Morgan fingerprint density at radius 1 is 1.00 bits per heavy atom. The number of nitrogens with zero attached hydrogens (tertiary/aromatic N) is 2. The van der Waals surface area contributed by atoms with E-state index in [0.717, 1.165) is 13.1 Å². The SMILES string of the molecule is O=C(CN1CCOCC1)Nc1ccc(NC(=O)c2cc[n+]([O-])cc2)cc1. The normalized spacial score (nSPS) is 14.6. The van der Waals surface area contributed by atoms with Gasteiger partial charge in [0.15, 0.2) is 12.4 Å². The monoisotopic (exact) mass is 356 g/mol. The summed E-state index contributed by atoms with van der Waals surface area (Å²) in [6, 6.07) is 9.76. The molecule has 2 heterocycles. The quantitative estimate of drug-likeness (QED) is 0.611. The minimum absolute atomic E-state index is 0.0844. The van der Waals surface area contributed by atoms with Crippen LogP contribution in [0.15, 0.2) is 48.8 Å². The number of aromatic nitrogens is 1. The van der Waals surface area contributed by atoms with Gasteiger partial charge < -0.3 is 20.6 Å². The number of morpholine rings is 1. The number of pyridine rings is 1. The fraction of sp³-hybridized carbons (Fsp3) is 0.278. The lowest BCUT2D eigenvalue weighted by molar-refractivity contribution is -0.605. The van der Waals surface area contributed by atoms with E-state index in [1.165, 1.54) is 24.5 Å². The molecule has 0 bridgehead atoms. The van der Waals surface area contributed by atoms with Gasteiger partial charge in [-0.1, -0.05) is 0 Å². The summed E-state index contributed by atoms with van der Waals surface area (Å²) in [5.41, 5.74) is 1.65. The van der Waals surface area contributed by atoms with E-state index < -0.39 is 0 Å². The third-order valence-electron chi connectivity index (χ3n) is 3.96. The maximum atomic E-state index is 12.1. The number of amides is 2. The van der Waals surface area contributed by atoms with Gasteiger partial charge in [0.1, 0.15) is 0 Å². The first-order chi connectivity index (χ1) is 12.6. The van der Waals surface area contributed by atoms with E-state index in [1.54, 1.807) is 24.3 Å². The summed E-state index contributed by atoms with van der Waals surface area (Å²) in [5.74, 6) is -0.395. The van der Waals surface area contributed by atoms with Crippen LogP contribution in [0.2, 0.25) is 0 Å². The Morgan fingerprint density at radius 3 is 2.19 bits per heavy atom. The van der Waals surface area contributed by atoms with Crippen molar-refractivity contribution in [2.45, 2.75) is 0 Å². The third kappa shape index (κ3) is 5.01. The first-order valence-electron chi connectivity index (χ1n) is 8.30. The van der Waals surface area contributed by atoms with E-state index >= 15 is 0 Å². The maximum Gasteiger partial charge on any atom is 0.256 e. The first kappa shape index (κ1) is 17.8. The van der Waals surface area contributed by atoms with E-state index in [9.17, 15) is 14.8 Å². The third-order valence-corrected chi connectivity index (χ3v) is 3.96. The Hall–Kier alpha value is -2.97. The highest BCUT2D eigenvalue weighted by molar-refractivity contribution is 6.04. The Morgan fingerprint density at radius 2 is 1.58 bits per heavy atom. The second kappa shape index (κ2) is 8.41. The van der Waals surface area contributed by atoms with Crippen LogP contribution >= 0.6 is 0 Å². The summed E-state index contributed by atoms with van der Waals surface area (Å²) in [6.07, 6.45) is 2.53. The number of nitrogens with one attached hydrogen (secondary N) is 2. The summed E-state index contributed by atoms with van der Waals surface area (Å²) < 4.78 is 5.87. The van der Waals surface area contributed by atoms with E-state index in [0.29, 0.717) is 41.4 Å². The molecule has 2 amide bonds. The van der Waals surface area contributed by atoms with Crippen molar-refractivity contribution in [2.24, 2.45) is 0 Å². The standard InChI is InChI=1S/C18H20N4O4/c23-17(13-21-9-11-26-12-10-21)19-15-1-3-16(4-2-15)20-18(24)14-5-7-22(25)8-6-14/h1-8H,9-13H2,(H,19,23)(H,20,24). The summed E-state index contributed by atoms with van der Waals surface area (Å²) in [7, 11) is 0. The molecule has 0 aliphatic carbocycles. The molecule has 1 fully saturated rings. The average Bonchev–Trinajstić information content (AvgIpc) is 2.64. The molecule has 136 valence electrons.